The first-order valence-corrected chi connectivity index (χ1v) is 6.95. The summed E-state index contributed by atoms with van der Waals surface area (Å²) < 4.78 is 11.2. The number of hydrogen-bond donors (Lipinski definition) is 0. The molecule has 3 aromatic rings. The van der Waals surface area contributed by atoms with Crippen LogP contribution in [0.2, 0.25) is 0 Å². The Hall–Kier alpha value is -2.94. The molecule has 3 nitrogen and oxygen atoms in total. The van der Waals surface area contributed by atoms with E-state index in [0.29, 0.717) is 22.8 Å². The highest BCUT2D eigenvalue weighted by molar-refractivity contribution is 5.71. The van der Waals surface area contributed by atoms with Gasteiger partial charge in [-0.15, -0.1) is 0 Å². The van der Waals surface area contributed by atoms with Gasteiger partial charge in [-0.3, -0.25) is 5.11 Å². The number of hydrogen-bond acceptors (Lipinski definition) is 2. The molecule has 0 amide bonds. The summed E-state index contributed by atoms with van der Waals surface area (Å²) in [5, 5.41) is 11.9. The first-order chi connectivity index (χ1) is 10.8. The van der Waals surface area contributed by atoms with Crippen molar-refractivity contribution in [3.05, 3.63) is 72.8 Å². The highest BCUT2D eigenvalue weighted by Gasteiger charge is 2.08. The topological polar surface area (TPSA) is 38.4 Å². The first kappa shape index (κ1) is 14.0. The van der Waals surface area contributed by atoms with Crippen LogP contribution in [0.15, 0.2) is 72.8 Å². The van der Waals surface area contributed by atoms with Crippen molar-refractivity contribution in [2.75, 3.05) is 7.11 Å². The average molecular weight is 291 g/mol. The zero-order valence-electron chi connectivity index (χ0n) is 12.2. The van der Waals surface area contributed by atoms with Crippen molar-refractivity contribution in [2.24, 2.45) is 0 Å². The van der Waals surface area contributed by atoms with Crippen molar-refractivity contribution in [1.82, 2.24) is 0 Å². The van der Waals surface area contributed by atoms with Gasteiger partial charge in [0, 0.05) is 5.56 Å². The molecule has 0 saturated heterocycles. The van der Waals surface area contributed by atoms with Crippen LogP contribution in [0.5, 0.6) is 23.0 Å². The van der Waals surface area contributed by atoms with Crippen LogP contribution >= 0.6 is 0 Å². The lowest BCUT2D eigenvalue weighted by Crippen LogP contribution is -1.90. The summed E-state index contributed by atoms with van der Waals surface area (Å²) in [6.45, 7) is 0. The lowest BCUT2D eigenvalue weighted by Gasteiger charge is -2.11. The summed E-state index contributed by atoms with van der Waals surface area (Å²) in [5.41, 5.74) is 1.49. The lowest BCUT2D eigenvalue weighted by atomic mass is 10.0. The van der Waals surface area contributed by atoms with E-state index in [4.69, 9.17) is 9.47 Å². The summed E-state index contributed by atoms with van der Waals surface area (Å²) in [7, 11) is 1.60. The third kappa shape index (κ3) is 2.88. The van der Waals surface area contributed by atoms with E-state index in [9.17, 15) is 5.11 Å². The van der Waals surface area contributed by atoms with Crippen LogP contribution in [0.25, 0.3) is 11.1 Å². The summed E-state index contributed by atoms with van der Waals surface area (Å²) in [5.74, 6) is 1.96. The van der Waals surface area contributed by atoms with E-state index >= 15 is 0 Å². The van der Waals surface area contributed by atoms with Gasteiger partial charge in [0.15, 0.2) is 17.2 Å². The Morgan fingerprint density at radius 2 is 1.50 bits per heavy atom. The van der Waals surface area contributed by atoms with Gasteiger partial charge in [0.1, 0.15) is 5.75 Å². The maximum atomic E-state index is 11.9. The fourth-order valence-corrected chi connectivity index (χ4v) is 2.26. The van der Waals surface area contributed by atoms with Crippen molar-refractivity contribution in [3.8, 4) is 34.1 Å². The molecule has 3 aromatic carbocycles. The molecule has 0 heterocycles. The molecule has 22 heavy (non-hydrogen) atoms. The zero-order chi connectivity index (χ0) is 15.4. The zero-order valence-corrected chi connectivity index (χ0v) is 12.2. The van der Waals surface area contributed by atoms with Gasteiger partial charge in [-0.25, -0.2) is 0 Å². The SMILES string of the molecule is COc1ccccc1Oc1cccc(-c2ccccc2[O])c1. The van der Waals surface area contributed by atoms with Crippen LogP contribution in [-0.2, 0) is 5.11 Å². The Bertz CT molecular complexity index is 781. The van der Waals surface area contributed by atoms with Crippen molar-refractivity contribution < 1.29 is 14.6 Å². The second-order valence-electron chi connectivity index (χ2n) is 4.78. The molecule has 0 aromatic heterocycles. The highest BCUT2D eigenvalue weighted by atomic mass is 16.5. The van der Waals surface area contributed by atoms with Crippen LogP contribution in [0, 0.1) is 0 Å². The molecule has 0 fully saturated rings. The van der Waals surface area contributed by atoms with Crippen molar-refractivity contribution in [3.63, 3.8) is 0 Å². The van der Waals surface area contributed by atoms with Crippen LogP contribution in [0.1, 0.15) is 0 Å². The predicted octanol–water partition coefficient (Wildman–Crippen LogP) is 5.30. The van der Waals surface area contributed by atoms with E-state index < -0.39 is 0 Å². The highest BCUT2D eigenvalue weighted by Crippen LogP contribution is 2.35. The summed E-state index contributed by atoms with van der Waals surface area (Å²) in [6.07, 6.45) is 0. The summed E-state index contributed by atoms with van der Waals surface area (Å²) in [6, 6.07) is 21.9. The Morgan fingerprint density at radius 1 is 0.773 bits per heavy atom. The number of rotatable bonds is 4. The smallest absolute Gasteiger partial charge is 0.186 e. The first-order valence-electron chi connectivity index (χ1n) is 6.95. The molecule has 0 bridgehead atoms. The van der Waals surface area contributed by atoms with Gasteiger partial charge in [0.05, 0.1) is 7.11 Å². The number of para-hydroxylation sites is 3. The molecule has 3 rings (SSSR count). The summed E-state index contributed by atoms with van der Waals surface area (Å²) >= 11 is 0. The molecule has 0 aliphatic rings. The Morgan fingerprint density at radius 3 is 2.27 bits per heavy atom. The third-order valence-corrected chi connectivity index (χ3v) is 3.33. The molecule has 0 saturated carbocycles. The van der Waals surface area contributed by atoms with Crippen LogP contribution in [0.3, 0.4) is 0 Å². The molecular weight excluding hydrogens is 276 g/mol. The molecule has 0 spiro atoms. The molecule has 1 radical (unpaired) electrons. The Labute approximate surface area is 129 Å². The minimum absolute atomic E-state index is 0.00283. The van der Waals surface area contributed by atoms with Gasteiger partial charge in [0.2, 0.25) is 0 Å². The molecule has 0 atom stereocenters. The third-order valence-electron chi connectivity index (χ3n) is 3.33. The van der Waals surface area contributed by atoms with E-state index in [1.807, 2.05) is 60.7 Å². The van der Waals surface area contributed by atoms with Crippen molar-refractivity contribution in [2.45, 2.75) is 0 Å². The molecule has 0 unspecified atom stereocenters. The predicted molar refractivity (Wildman–Crippen MR) is 85.1 cm³/mol. The summed E-state index contributed by atoms with van der Waals surface area (Å²) in [4.78, 5) is 0. The molecule has 0 N–H and O–H groups in total. The molecule has 0 aliphatic carbocycles. The average Bonchev–Trinajstić information content (AvgIpc) is 2.56. The Balaban J connectivity index is 1.94. The van der Waals surface area contributed by atoms with Crippen LogP contribution in [0.4, 0.5) is 0 Å². The fraction of sp³-hybridized carbons (Fsp3) is 0.0526. The van der Waals surface area contributed by atoms with E-state index in [0.717, 1.165) is 5.56 Å². The van der Waals surface area contributed by atoms with Crippen molar-refractivity contribution >= 4 is 0 Å². The molecule has 109 valence electrons. The normalized spacial score (nSPS) is 10.2. The second kappa shape index (κ2) is 6.22. The standard InChI is InChI=1S/C19H15O3/c1-21-18-11-4-5-12-19(18)22-15-8-6-7-14(13-15)16-9-2-3-10-17(16)20/h2-13H,1H3. The van der Waals surface area contributed by atoms with Gasteiger partial charge >= 0.3 is 0 Å². The number of methoxy groups -OCH3 is 1. The maximum Gasteiger partial charge on any atom is 0.186 e. The molecule has 3 heteroatoms. The second-order valence-corrected chi connectivity index (χ2v) is 4.78. The van der Waals surface area contributed by atoms with Crippen molar-refractivity contribution in [1.29, 1.82) is 0 Å². The molecule has 0 aliphatic heterocycles. The minimum Gasteiger partial charge on any atom is -0.493 e. The van der Waals surface area contributed by atoms with Gasteiger partial charge in [-0.1, -0.05) is 42.5 Å². The van der Waals surface area contributed by atoms with E-state index in [1.165, 1.54) is 0 Å². The van der Waals surface area contributed by atoms with E-state index in [1.54, 1.807) is 19.2 Å². The van der Waals surface area contributed by atoms with E-state index in [-0.39, 0.29) is 5.75 Å². The minimum atomic E-state index is -0.00283. The Kier molecular flexibility index (Phi) is 3.97. The largest absolute Gasteiger partial charge is 0.493 e. The van der Waals surface area contributed by atoms with Gasteiger partial charge < -0.3 is 9.47 Å². The quantitative estimate of drug-likeness (QED) is 0.654. The number of ether oxygens (including phenoxy) is 2. The van der Waals surface area contributed by atoms with E-state index in [2.05, 4.69) is 0 Å². The van der Waals surface area contributed by atoms with Crippen LogP contribution < -0.4 is 9.47 Å². The monoisotopic (exact) mass is 291 g/mol. The van der Waals surface area contributed by atoms with Crippen LogP contribution in [-0.4, -0.2) is 7.11 Å². The van der Waals surface area contributed by atoms with Gasteiger partial charge in [-0.2, -0.15) is 0 Å². The number of benzene rings is 3. The van der Waals surface area contributed by atoms with Gasteiger partial charge in [-0.05, 0) is 35.9 Å². The fourth-order valence-electron chi connectivity index (χ4n) is 2.26. The van der Waals surface area contributed by atoms with Gasteiger partial charge in [0.25, 0.3) is 0 Å². The lowest BCUT2D eigenvalue weighted by molar-refractivity contribution is 0.356. The molecular formula is C19H15O3. The maximum absolute atomic E-state index is 11.9.